The van der Waals surface area contributed by atoms with E-state index >= 15 is 0 Å². The highest BCUT2D eigenvalue weighted by Gasteiger charge is 2.40. The topological polar surface area (TPSA) is 38.0 Å². The lowest BCUT2D eigenvalue weighted by Gasteiger charge is -2.19. The molecule has 0 aliphatic rings. The van der Waals surface area contributed by atoms with Gasteiger partial charge < -0.3 is 11.1 Å². The molecule has 3 N–H and O–H groups in total. The zero-order valence-corrected chi connectivity index (χ0v) is 11.0. The van der Waals surface area contributed by atoms with Crippen molar-refractivity contribution in [2.75, 3.05) is 11.9 Å². The number of anilines is 1. The van der Waals surface area contributed by atoms with Crippen molar-refractivity contribution in [3.8, 4) is 0 Å². The number of nitrogens with two attached hydrogens (primary N) is 1. The lowest BCUT2D eigenvalue weighted by molar-refractivity contribution is -0.137. The van der Waals surface area contributed by atoms with E-state index < -0.39 is 35.6 Å². The van der Waals surface area contributed by atoms with Crippen LogP contribution in [0, 0.1) is 0 Å². The van der Waals surface area contributed by atoms with E-state index in [1.54, 1.807) is 0 Å². The van der Waals surface area contributed by atoms with E-state index in [4.69, 9.17) is 5.73 Å². The van der Waals surface area contributed by atoms with Crippen LogP contribution in [0.3, 0.4) is 0 Å². The molecule has 21 heavy (non-hydrogen) atoms. The minimum atomic E-state index is -4.68. The molecule has 0 aliphatic heterocycles. The van der Waals surface area contributed by atoms with Crippen molar-refractivity contribution in [3.05, 3.63) is 29.3 Å². The summed E-state index contributed by atoms with van der Waals surface area (Å²) in [5, 5.41) is 1.93. The monoisotopic (exact) mass is 334 g/mol. The number of benzene rings is 1. The van der Waals surface area contributed by atoms with Crippen molar-refractivity contribution in [2.24, 2.45) is 5.73 Å². The van der Waals surface area contributed by atoms with Gasteiger partial charge in [0.05, 0.1) is 12.1 Å². The van der Waals surface area contributed by atoms with E-state index in [9.17, 15) is 30.7 Å². The second kappa shape index (κ2) is 6.04. The Bertz CT molecular complexity index is 528. The Hall–Kier alpha value is -1.58. The predicted octanol–water partition coefficient (Wildman–Crippen LogP) is 3.65. The van der Waals surface area contributed by atoms with Gasteiger partial charge in [0.1, 0.15) is 4.99 Å². The molecule has 0 heterocycles. The highest BCUT2D eigenvalue weighted by molar-refractivity contribution is 7.80. The van der Waals surface area contributed by atoms with Crippen LogP contribution in [0.5, 0.6) is 0 Å². The smallest absolute Gasteiger partial charge is 0.389 e. The molecule has 118 valence electrons. The van der Waals surface area contributed by atoms with Crippen LogP contribution in [0.25, 0.3) is 0 Å². The van der Waals surface area contributed by atoms with Crippen LogP contribution in [-0.2, 0) is 6.18 Å². The first-order valence-electron chi connectivity index (χ1n) is 5.36. The van der Waals surface area contributed by atoms with E-state index in [-0.39, 0.29) is 11.3 Å². The second-order valence-corrected chi connectivity index (χ2v) is 4.48. The third-order valence-corrected chi connectivity index (χ3v) is 2.67. The maximum Gasteiger partial charge on any atom is 0.416 e. The van der Waals surface area contributed by atoms with Crippen molar-refractivity contribution in [3.63, 3.8) is 0 Å². The molecule has 0 aromatic heterocycles. The molecule has 1 aromatic carbocycles. The molecule has 1 rings (SSSR count). The Balaban J connectivity index is 3.06. The molecule has 0 atom stereocenters. The Kier molecular flexibility index (Phi) is 5.03. The van der Waals surface area contributed by atoms with E-state index in [1.165, 1.54) is 0 Å². The van der Waals surface area contributed by atoms with Crippen LogP contribution in [0.4, 0.5) is 36.4 Å². The minimum Gasteiger partial charge on any atom is -0.389 e. The summed E-state index contributed by atoms with van der Waals surface area (Å²) in [5.74, 6) is -4.34. The molecule has 0 fully saturated rings. The molecular weight excluding hydrogens is 325 g/mol. The Labute approximate surface area is 120 Å². The van der Waals surface area contributed by atoms with E-state index in [1.807, 2.05) is 5.32 Å². The number of thiocarbonyl (C=S) groups is 1. The third kappa shape index (κ3) is 4.45. The molecule has 0 saturated carbocycles. The number of hydrogen-bond donors (Lipinski definition) is 2. The standard InChI is InChI=1S/C11H9F7N2S/c12-9(13)10(14,15)4-20-7-2-1-5(11(16,17)18)3-6(7)8(19)21/h1-3,9,20H,4H2,(H2,19,21). The van der Waals surface area contributed by atoms with Crippen molar-refractivity contribution in [1.82, 2.24) is 0 Å². The molecule has 0 spiro atoms. The minimum absolute atomic E-state index is 0.282. The summed E-state index contributed by atoms with van der Waals surface area (Å²) in [4.78, 5) is -0.482. The molecule has 1 aromatic rings. The summed E-state index contributed by atoms with van der Waals surface area (Å²) in [7, 11) is 0. The summed E-state index contributed by atoms with van der Waals surface area (Å²) >= 11 is 4.53. The first-order valence-corrected chi connectivity index (χ1v) is 5.77. The maximum absolute atomic E-state index is 12.8. The van der Waals surface area contributed by atoms with Crippen molar-refractivity contribution < 1.29 is 30.7 Å². The van der Waals surface area contributed by atoms with Gasteiger partial charge in [0.15, 0.2) is 0 Å². The number of alkyl halides is 7. The van der Waals surface area contributed by atoms with Gasteiger partial charge in [-0.25, -0.2) is 8.78 Å². The van der Waals surface area contributed by atoms with Gasteiger partial charge in [-0.3, -0.25) is 0 Å². The lowest BCUT2D eigenvalue weighted by atomic mass is 10.1. The normalized spacial score (nSPS) is 12.6. The third-order valence-electron chi connectivity index (χ3n) is 2.45. The van der Waals surface area contributed by atoms with Gasteiger partial charge in [0.2, 0.25) is 0 Å². The fourth-order valence-electron chi connectivity index (χ4n) is 1.37. The zero-order valence-electron chi connectivity index (χ0n) is 10.1. The average molecular weight is 334 g/mol. The molecule has 2 nitrogen and oxygen atoms in total. The van der Waals surface area contributed by atoms with Gasteiger partial charge in [-0.15, -0.1) is 0 Å². The number of nitrogens with one attached hydrogen (secondary N) is 1. The highest BCUT2D eigenvalue weighted by Crippen LogP contribution is 2.32. The predicted molar refractivity (Wildman–Crippen MR) is 66.8 cm³/mol. The van der Waals surface area contributed by atoms with Crippen molar-refractivity contribution in [2.45, 2.75) is 18.5 Å². The van der Waals surface area contributed by atoms with Crippen LogP contribution in [-0.4, -0.2) is 23.9 Å². The molecular formula is C11H9F7N2S. The van der Waals surface area contributed by atoms with Crippen LogP contribution in [0.15, 0.2) is 18.2 Å². The number of rotatable bonds is 5. The Morgan fingerprint density at radius 3 is 2.19 bits per heavy atom. The summed E-state index contributed by atoms with van der Waals surface area (Å²) < 4.78 is 87.1. The summed E-state index contributed by atoms with van der Waals surface area (Å²) in [6, 6.07) is 1.97. The van der Waals surface area contributed by atoms with Crippen LogP contribution < -0.4 is 11.1 Å². The van der Waals surface area contributed by atoms with Crippen LogP contribution in [0.2, 0.25) is 0 Å². The van der Waals surface area contributed by atoms with Crippen LogP contribution >= 0.6 is 12.2 Å². The maximum atomic E-state index is 12.8. The fraction of sp³-hybridized carbons (Fsp3) is 0.364. The van der Waals surface area contributed by atoms with Crippen molar-refractivity contribution >= 4 is 22.9 Å². The van der Waals surface area contributed by atoms with Gasteiger partial charge in [-0.1, -0.05) is 12.2 Å². The SMILES string of the molecule is NC(=S)c1cc(C(F)(F)F)ccc1NCC(F)(F)C(F)F. The Morgan fingerprint density at radius 1 is 1.19 bits per heavy atom. The summed E-state index contributed by atoms with van der Waals surface area (Å²) in [6.07, 6.45) is -8.59. The van der Waals surface area contributed by atoms with Crippen molar-refractivity contribution in [1.29, 1.82) is 0 Å². The average Bonchev–Trinajstić information content (AvgIpc) is 2.34. The van der Waals surface area contributed by atoms with Gasteiger partial charge in [0, 0.05) is 11.3 Å². The van der Waals surface area contributed by atoms with E-state index in [0.29, 0.717) is 12.1 Å². The molecule has 0 radical (unpaired) electrons. The lowest BCUT2D eigenvalue weighted by Crippen LogP contribution is -2.35. The molecule has 0 unspecified atom stereocenters. The largest absolute Gasteiger partial charge is 0.416 e. The van der Waals surface area contributed by atoms with Gasteiger partial charge in [-0.05, 0) is 18.2 Å². The molecule has 0 amide bonds. The highest BCUT2D eigenvalue weighted by atomic mass is 32.1. The van der Waals surface area contributed by atoms with Gasteiger partial charge in [0.25, 0.3) is 0 Å². The van der Waals surface area contributed by atoms with Gasteiger partial charge in [-0.2, -0.15) is 22.0 Å². The molecule has 0 saturated heterocycles. The summed E-state index contributed by atoms with van der Waals surface area (Å²) in [6.45, 7) is -1.47. The summed E-state index contributed by atoms with van der Waals surface area (Å²) in [5.41, 5.74) is 3.49. The van der Waals surface area contributed by atoms with E-state index in [0.717, 1.165) is 6.07 Å². The van der Waals surface area contributed by atoms with E-state index in [2.05, 4.69) is 12.2 Å². The fourth-order valence-corrected chi connectivity index (χ4v) is 1.54. The number of hydrogen-bond acceptors (Lipinski definition) is 2. The zero-order chi connectivity index (χ0) is 16.4. The molecule has 0 aliphatic carbocycles. The molecule has 10 heteroatoms. The second-order valence-electron chi connectivity index (χ2n) is 4.04. The number of halogens is 7. The first kappa shape index (κ1) is 17.5. The quantitative estimate of drug-likeness (QED) is 0.638. The van der Waals surface area contributed by atoms with Gasteiger partial charge >= 0.3 is 18.5 Å². The first-order chi connectivity index (χ1) is 9.45. The molecule has 0 bridgehead atoms. The Morgan fingerprint density at radius 2 is 1.76 bits per heavy atom. The van der Waals surface area contributed by atoms with Crippen LogP contribution in [0.1, 0.15) is 11.1 Å².